The van der Waals surface area contributed by atoms with Crippen LogP contribution < -0.4 is 0 Å². The molecule has 0 saturated carbocycles. The first-order valence-electron chi connectivity index (χ1n) is 17.2. The second-order valence-corrected chi connectivity index (χ2v) is 13.0. The molecule has 0 aliphatic rings. The van der Waals surface area contributed by atoms with E-state index in [2.05, 4.69) is 167 Å². The number of hydrogen-bond acceptors (Lipinski definition) is 3. The van der Waals surface area contributed by atoms with Gasteiger partial charge < -0.3 is 8.98 Å². The fourth-order valence-electron chi connectivity index (χ4n) is 7.96. The molecule has 0 radical (unpaired) electrons. The molecule has 0 spiro atoms. The lowest BCUT2D eigenvalue weighted by molar-refractivity contribution is 0.665. The maximum Gasteiger partial charge on any atom is 0.235 e. The minimum atomic E-state index is 0.611. The summed E-state index contributed by atoms with van der Waals surface area (Å²) in [7, 11) is 0. The van der Waals surface area contributed by atoms with Crippen molar-refractivity contribution in [2.45, 2.75) is 0 Å². The Morgan fingerprint density at radius 1 is 0.431 bits per heavy atom. The zero-order chi connectivity index (χ0) is 33.5. The second kappa shape index (κ2) is 10.8. The lowest BCUT2D eigenvalue weighted by atomic mass is 9.99. The highest BCUT2D eigenvalue weighted by atomic mass is 16.3. The van der Waals surface area contributed by atoms with Gasteiger partial charge >= 0.3 is 0 Å². The van der Waals surface area contributed by atoms with Crippen molar-refractivity contribution in [2.75, 3.05) is 0 Å². The van der Waals surface area contributed by atoms with Crippen LogP contribution >= 0.6 is 0 Å². The predicted molar refractivity (Wildman–Crippen MR) is 209 cm³/mol. The number of benzene rings is 7. The van der Waals surface area contributed by atoms with Crippen LogP contribution in [0.4, 0.5) is 0 Å². The van der Waals surface area contributed by atoms with Crippen molar-refractivity contribution in [1.29, 1.82) is 0 Å². The lowest BCUT2D eigenvalue weighted by Gasteiger charge is -2.10. The first-order valence-corrected chi connectivity index (χ1v) is 17.2. The van der Waals surface area contributed by atoms with E-state index in [1.807, 2.05) is 12.3 Å². The number of rotatable bonds is 4. The second-order valence-electron chi connectivity index (χ2n) is 13.0. The standard InChI is InChI=1S/C46H28N4O/c1-2-12-29(13-3-1)33-19-11-23-41-44(33)36-18-6-9-22-40(36)50(41)46-47-28-43-45(48-46)37-27-31(24-25-42(37)51-43)30-14-10-15-32(26-30)49-38-20-7-4-16-34(38)35-17-5-8-21-39(35)49/h1-28H. The van der Waals surface area contributed by atoms with Crippen LogP contribution in [0.1, 0.15) is 0 Å². The van der Waals surface area contributed by atoms with Crippen LogP contribution in [0.25, 0.3) is 99.6 Å². The molecule has 7 aromatic carbocycles. The summed E-state index contributed by atoms with van der Waals surface area (Å²) in [6, 6.07) is 57.9. The fourth-order valence-corrected chi connectivity index (χ4v) is 7.96. The molecular formula is C46H28N4O. The number of para-hydroxylation sites is 3. The zero-order valence-corrected chi connectivity index (χ0v) is 27.4. The molecule has 51 heavy (non-hydrogen) atoms. The molecular weight excluding hydrogens is 625 g/mol. The Kier molecular flexibility index (Phi) is 5.89. The highest BCUT2D eigenvalue weighted by Crippen LogP contribution is 2.39. The molecule has 0 saturated heterocycles. The third-order valence-corrected chi connectivity index (χ3v) is 10.2. The van der Waals surface area contributed by atoms with Crippen LogP contribution in [0, 0.1) is 0 Å². The highest BCUT2D eigenvalue weighted by Gasteiger charge is 2.19. The van der Waals surface area contributed by atoms with E-state index >= 15 is 0 Å². The zero-order valence-electron chi connectivity index (χ0n) is 27.4. The van der Waals surface area contributed by atoms with Gasteiger partial charge in [0.1, 0.15) is 11.1 Å². The minimum absolute atomic E-state index is 0.611. The largest absolute Gasteiger partial charge is 0.453 e. The molecule has 238 valence electrons. The average Bonchev–Trinajstić information content (AvgIpc) is 3.85. The van der Waals surface area contributed by atoms with Gasteiger partial charge in [-0.15, -0.1) is 0 Å². The van der Waals surface area contributed by atoms with E-state index in [0.717, 1.165) is 49.7 Å². The summed E-state index contributed by atoms with van der Waals surface area (Å²) in [5.41, 5.74) is 12.4. The van der Waals surface area contributed by atoms with Crippen LogP contribution in [0.5, 0.6) is 0 Å². The summed E-state index contributed by atoms with van der Waals surface area (Å²) < 4.78 is 10.8. The van der Waals surface area contributed by atoms with Crippen molar-refractivity contribution < 1.29 is 4.42 Å². The lowest BCUT2D eigenvalue weighted by Crippen LogP contribution is -2.00. The van der Waals surface area contributed by atoms with Gasteiger partial charge in [0, 0.05) is 32.6 Å². The molecule has 4 aromatic heterocycles. The summed E-state index contributed by atoms with van der Waals surface area (Å²) >= 11 is 0. The Labute approximate surface area is 292 Å². The highest BCUT2D eigenvalue weighted by molar-refractivity contribution is 6.16. The molecule has 0 aliphatic carbocycles. The average molecular weight is 653 g/mol. The summed E-state index contributed by atoms with van der Waals surface area (Å²) in [6.07, 6.45) is 1.81. The molecule has 0 atom stereocenters. The van der Waals surface area contributed by atoms with Gasteiger partial charge in [0.15, 0.2) is 5.58 Å². The van der Waals surface area contributed by atoms with Crippen molar-refractivity contribution >= 4 is 65.7 Å². The quantitative estimate of drug-likeness (QED) is 0.190. The molecule has 0 fully saturated rings. The van der Waals surface area contributed by atoms with Gasteiger partial charge in [0.05, 0.1) is 28.3 Å². The first-order chi connectivity index (χ1) is 25.3. The van der Waals surface area contributed by atoms with Gasteiger partial charge in [-0.1, -0.05) is 115 Å². The van der Waals surface area contributed by atoms with E-state index in [9.17, 15) is 0 Å². The van der Waals surface area contributed by atoms with E-state index < -0.39 is 0 Å². The molecule has 0 N–H and O–H groups in total. The molecule has 0 bridgehead atoms. The van der Waals surface area contributed by atoms with Crippen molar-refractivity contribution in [3.05, 3.63) is 170 Å². The number of aromatic nitrogens is 4. The molecule has 4 heterocycles. The van der Waals surface area contributed by atoms with Gasteiger partial charge in [-0.25, -0.2) is 9.97 Å². The van der Waals surface area contributed by atoms with Crippen molar-refractivity contribution in [2.24, 2.45) is 0 Å². The minimum Gasteiger partial charge on any atom is -0.453 e. The molecule has 0 aliphatic heterocycles. The van der Waals surface area contributed by atoms with Gasteiger partial charge in [-0.05, 0) is 70.8 Å². The molecule has 0 unspecified atom stereocenters. The predicted octanol–water partition coefficient (Wildman–Crippen LogP) is 11.9. The van der Waals surface area contributed by atoms with E-state index in [-0.39, 0.29) is 0 Å². The first kappa shape index (κ1) is 27.9. The van der Waals surface area contributed by atoms with Crippen molar-refractivity contribution in [1.82, 2.24) is 19.1 Å². The summed E-state index contributed by atoms with van der Waals surface area (Å²) in [5.74, 6) is 0.611. The Morgan fingerprint density at radius 2 is 1.06 bits per heavy atom. The molecule has 11 rings (SSSR count). The van der Waals surface area contributed by atoms with E-state index in [1.54, 1.807) is 0 Å². The molecule has 11 aromatic rings. The topological polar surface area (TPSA) is 48.8 Å². The molecule has 5 heteroatoms. The molecule has 5 nitrogen and oxygen atoms in total. The Balaban J connectivity index is 1.08. The Hall–Kier alpha value is -6.98. The normalized spacial score (nSPS) is 11.9. The number of fused-ring (bicyclic) bond motifs is 9. The van der Waals surface area contributed by atoms with Crippen molar-refractivity contribution in [3.8, 4) is 33.9 Å². The summed E-state index contributed by atoms with van der Waals surface area (Å²) in [5, 5.41) is 5.81. The van der Waals surface area contributed by atoms with Crippen molar-refractivity contribution in [3.63, 3.8) is 0 Å². The third kappa shape index (κ3) is 4.15. The summed E-state index contributed by atoms with van der Waals surface area (Å²) in [6.45, 7) is 0. The fraction of sp³-hybridized carbons (Fsp3) is 0. The van der Waals surface area contributed by atoms with Gasteiger partial charge in [0.2, 0.25) is 5.95 Å². The van der Waals surface area contributed by atoms with E-state index in [0.29, 0.717) is 11.5 Å². The van der Waals surface area contributed by atoms with Crippen LogP contribution in [0.3, 0.4) is 0 Å². The maximum atomic E-state index is 6.31. The van der Waals surface area contributed by atoms with Crippen LogP contribution in [0.2, 0.25) is 0 Å². The van der Waals surface area contributed by atoms with Crippen LogP contribution in [0.15, 0.2) is 174 Å². The Morgan fingerprint density at radius 3 is 1.84 bits per heavy atom. The Bertz CT molecular complexity index is 3090. The number of nitrogens with zero attached hydrogens (tertiary/aromatic N) is 4. The van der Waals surface area contributed by atoms with Crippen LogP contribution in [-0.2, 0) is 0 Å². The van der Waals surface area contributed by atoms with Gasteiger partial charge in [-0.2, -0.15) is 0 Å². The van der Waals surface area contributed by atoms with Gasteiger partial charge in [-0.3, -0.25) is 4.57 Å². The maximum absolute atomic E-state index is 6.31. The molecule has 0 amide bonds. The number of hydrogen-bond donors (Lipinski definition) is 0. The SMILES string of the molecule is c1ccc(-c2cccc3c2c2ccccc2n3-c2ncc3oc4ccc(-c5cccc(-n6c7ccccc7c7ccccc76)c5)cc4c3n2)cc1. The summed E-state index contributed by atoms with van der Waals surface area (Å²) in [4.78, 5) is 10.1. The van der Waals surface area contributed by atoms with Gasteiger partial charge in [0.25, 0.3) is 0 Å². The smallest absolute Gasteiger partial charge is 0.235 e. The third-order valence-electron chi connectivity index (χ3n) is 10.2. The van der Waals surface area contributed by atoms with Crippen LogP contribution in [-0.4, -0.2) is 19.1 Å². The number of furan rings is 1. The monoisotopic (exact) mass is 652 g/mol. The van der Waals surface area contributed by atoms with E-state index in [4.69, 9.17) is 14.4 Å². The van der Waals surface area contributed by atoms with E-state index in [1.165, 1.54) is 38.3 Å².